The molecule has 1 fully saturated rings. The van der Waals surface area contributed by atoms with E-state index in [1.54, 1.807) is 0 Å². The molecule has 10 heteroatoms. The summed E-state index contributed by atoms with van der Waals surface area (Å²) in [5.74, 6) is -0.715. The molecule has 5 nitrogen and oxygen atoms in total. The zero-order chi connectivity index (χ0) is 16.0. The van der Waals surface area contributed by atoms with Crippen LogP contribution in [-0.4, -0.2) is 26.1 Å². The van der Waals surface area contributed by atoms with E-state index in [-0.39, 0.29) is 11.4 Å². The fourth-order valence-electron chi connectivity index (χ4n) is 2.07. The Morgan fingerprint density at radius 1 is 1.29 bits per heavy atom. The van der Waals surface area contributed by atoms with Crippen LogP contribution in [0.2, 0.25) is 0 Å². The van der Waals surface area contributed by atoms with Crippen LogP contribution in [0, 0.1) is 0 Å². The molecular formula is C11H10F4N2O3S. The van der Waals surface area contributed by atoms with Gasteiger partial charge in [-0.15, -0.1) is 3.89 Å². The summed E-state index contributed by atoms with van der Waals surface area (Å²) in [6.07, 6.45) is -5.16. The van der Waals surface area contributed by atoms with Gasteiger partial charge in [-0.3, -0.25) is 4.79 Å². The topological polar surface area (TPSA) is 80.5 Å². The fourth-order valence-corrected chi connectivity index (χ4v) is 2.74. The molecule has 1 heterocycles. The molecule has 1 aromatic rings. The third kappa shape index (κ3) is 3.09. The van der Waals surface area contributed by atoms with Crippen LogP contribution < -0.4 is 10.6 Å². The number of alkyl halides is 3. The lowest BCUT2D eigenvalue weighted by atomic mass is 10.1. The molecule has 0 aromatic heterocycles. The average Bonchev–Trinajstić information content (AvgIpc) is 2.70. The molecule has 1 unspecified atom stereocenters. The number of nitrogens with zero attached hydrogens (tertiary/aromatic N) is 1. The Kier molecular flexibility index (Phi) is 3.60. The standard InChI is InChI=1S/C11H10F4N2O3S/c12-11(13,14)6-1-2-9(8(16)3-6)17-5-7(4-10(17)18)21(15,19)20/h1-3,7H,4-5,16H2. The van der Waals surface area contributed by atoms with Crippen LogP contribution in [0.1, 0.15) is 12.0 Å². The Morgan fingerprint density at radius 3 is 2.33 bits per heavy atom. The molecule has 1 atom stereocenters. The van der Waals surface area contributed by atoms with Gasteiger partial charge >= 0.3 is 16.4 Å². The number of rotatable bonds is 2. The highest BCUT2D eigenvalue weighted by Gasteiger charge is 2.40. The highest BCUT2D eigenvalue weighted by atomic mass is 32.3. The van der Waals surface area contributed by atoms with E-state index >= 15 is 0 Å². The van der Waals surface area contributed by atoms with Gasteiger partial charge in [0, 0.05) is 13.0 Å². The lowest BCUT2D eigenvalue weighted by Gasteiger charge is -2.19. The summed E-state index contributed by atoms with van der Waals surface area (Å²) >= 11 is 0. The number of nitrogen functional groups attached to an aromatic ring is 1. The van der Waals surface area contributed by atoms with Crippen molar-refractivity contribution in [3.8, 4) is 0 Å². The third-order valence-electron chi connectivity index (χ3n) is 3.13. The fraction of sp³-hybridized carbons (Fsp3) is 0.364. The molecule has 1 saturated heterocycles. The summed E-state index contributed by atoms with van der Waals surface area (Å²) in [4.78, 5) is 12.6. The molecule has 1 aromatic carbocycles. The second-order valence-corrected chi connectivity index (χ2v) is 6.20. The first-order valence-corrected chi connectivity index (χ1v) is 7.15. The van der Waals surface area contributed by atoms with E-state index in [9.17, 15) is 30.3 Å². The number of nitrogens with two attached hydrogens (primary N) is 1. The Balaban J connectivity index is 2.34. The highest BCUT2D eigenvalue weighted by Crippen LogP contribution is 2.36. The van der Waals surface area contributed by atoms with Gasteiger partial charge in [-0.2, -0.15) is 21.6 Å². The molecule has 2 N–H and O–H groups in total. The SMILES string of the molecule is Nc1cc(C(F)(F)F)ccc1N1CC(S(=O)(=O)F)CC1=O. The van der Waals surface area contributed by atoms with Crippen LogP contribution in [0.5, 0.6) is 0 Å². The predicted molar refractivity (Wildman–Crippen MR) is 66.6 cm³/mol. The van der Waals surface area contributed by atoms with Crippen LogP contribution >= 0.6 is 0 Å². The molecule has 2 rings (SSSR count). The van der Waals surface area contributed by atoms with E-state index in [1.807, 2.05) is 0 Å². The number of halogens is 4. The minimum absolute atomic E-state index is 0.0702. The minimum Gasteiger partial charge on any atom is -0.397 e. The molecule has 0 spiro atoms. The Bertz CT molecular complexity index is 687. The van der Waals surface area contributed by atoms with E-state index in [4.69, 9.17) is 5.73 Å². The summed E-state index contributed by atoms with van der Waals surface area (Å²) in [5.41, 5.74) is 4.07. The van der Waals surface area contributed by atoms with Crippen LogP contribution in [0.15, 0.2) is 18.2 Å². The second kappa shape index (κ2) is 4.86. The molecule has 0 radical (unpaired) electrons. The quantitative estimate of drug-likeness (QED) is 0.509. The van der Waals surface area contributed by atoms with E-state index < -0.39 is 46.1 Å². The second-order valence-electron chi connectivity index (χ2n) is 4.58. The first-order valence-electron chi connectivity index (χ1n) is 5.70. The Morgan fingerprint density at radius 2 is 1.90 bits per heavy atom. The number of hydrogen-bond acceptors (Lipinski definition) is 4. The van der Waals surface area contributed by atoms with Crippen LogP contribution in [-0.2, 0) is 21.2 Å². The van der Waals surface area contributed by atoms with E-state index in [1.165, 1.54) is 0 Å². The minimum atomic E-state index is -4.90. The molecule has 0 saturated carbocycles. The maximum atomic E-state index is 12.9. The Labute approximate surface area is 117 Å². The molecule has 1 aliphatic heterocycles. The zero-order valence-electron chi connectivity index (χ0n) is 10.4. The lowest BCUT2D eigenvalue weighted by Crippen LogP contribution is -2.27. The third-order valence-corrected chi connectivity index (χ3v) is 4.25. The molecule has 0 bridgehead atoms. The van der Waals surface area contributed by atoms with Crippen molar-refractivity contribution in [3.05, 3.63) is 23.8 Å². The number of carbonyl (C=O) groups excluding carboxylic acids is 1. The van der Waals surface area contributed by atoms with E-state index in [0.717, 1.165) is 17.0 Å². The largest absolute Gasteiger partial charge is 0.416 e. The molecule has 21 heavy (non-hydrogen) atoms. The van der Waals surface area contributed by atoms with Crippen molar-refractivity contribution in [2.75, 3.05) is 17.2 Å². The van der Waals surface area contributed by atoms with Crippen molar-refractivity contribution in [2.45, 2.75) is 17.8 Å². The highest BCUT2D eigenvalue weighted by molar-refractivity contribution is 7.87. The predicted octanol–water partition coefficient (Wildman–Crippen LogP) is 1.69. The van der Waals surface area contributed by atoms with Crippen molar-refractivity contribution >= 4 is 27.5 Å². The maximum absolute atomic E-state index is 12.9. The van der Waals surface area contributed by atoms with Gasteiger partial charge in [-0.1, -0.05) is 0 Å². The van der Waals surface area contributed by atoms with E-state index in [2.05, 4.69) is 0 Å². The maximum Gasteiger partial charge on any atom is 0.416 e. The summed E-state index contributed by atoms with van der Waals surface area (Å²) in [7, 11) is -4.90. The van der Waals surface area contributed by atoms with Crippen molar-refractivity contribution in [1.29, 1.82) is 0 Å². The molecular weight excluding hydrogens is 316 g/mol. The number of amides is 1. The van der Waals surface area contributed by atoms with Gasteiger partial charge in [0.15, 0.2) is 0 Å². The average molecular weight is 326 g/mol. The van der Waals surface area contributed by atoms with Gasteiger partial charge in [0.2, 0.25) is 5.91 Å². The summed E-state index contributed by atoms with van der Waals surface area (Å²) in [5, 5.41) is -1.54. The summed E-state index contributed by atoms with van der Waals surface area (Å²) < 4.78 is 72.0. The van der Waals surface area contributed by atoms with Crippen LogP contribution in [0.4, 0.5) is 28.4 Å². The van der Waals surface area contributed by atoms with Gasteiger partial charge in [-0.25, -0.2) is 0 Å². The number of anilines is 2. The van der Waals surface area contributed by atoms with Crippen LogP contribution in [0.25, 0.3) is 0 Å². The molecule has 116 valence electrons. The lowest BCUT2D eigenvalue weighted by molar-refractivity contribution is -0.137. The number of benzene rings is 1. The summed E-state index contributed by atoms with van der Waals surface area (Å²) in [6.45, 7) is -0.479. The van der Waals surface area contributed by atoms with Crippen molar-refractivity contribution in [2.24, 2.45) is 0 Å². The van der Waals surface area contributed by atoms with Crippen molar-refractivity contribution < 1.29 is 30.3 Å². The smallest absolute Gasteiger partial charge is 0.397 e. The van der Waals surface area contributed by atoms with Crippen molar-refractivity contribution in [1.82, 2.24) is 0 Å². The zero-order valence-corrected chi connectivity index (χ0v) is 11.2. The summed E-state index contributed by atoms with van der Waals surface area (Å²) in [6, 6.07) is 2.32. The van der Waals surface area contributed by atoms with Crippen LogP contribution in [0.3, 0.4) is 0 Å². The van der Waals surface area contributed by atoms with Gasteiger partial charge in [0.25, 0.3) is 0 Å². The van der Waals surface area contributed by atoms with Gasteiger partial charge in [-0.05, 0) is 18.2 Å². The molecule has 0 aliphatic carbocycles. The normalized spacial score (nSPS) is 20.1. The van der Waals surface area contributed by atoms with Gasteiger partial charge in [0.1, 0.15) is 5.25 Å². The number of hydrogen-bond donors (Lipinski definition) is 1. The monoisotopic (exact) mass is 326 g/mol. The van der Waals surface area contributed by atoms with Gasteiger partial charge < -0.3 is 10.6 Å². The first kappa shape index (κ1) is 15.5. The van der Waals surface area contributed by atoms with Gasteiger partial charge in [0.05, 0.1) is 16.9 Å². The number of carbonyl (C=O) groups is 1. The molecule has 1 amide bonds. The molecule has 1 aliphatic rings. The van der Waals surface area contributed by atoms with E-state index in [0.29, 0.717) is 6.07 Å². The first-order chi connectivity index (χ1) is 9.50. The van der Waals surface area contributed by atoms with Crippen molar-refractivity contribution in [3.63, 3.8) is 0 Å². The Hall–Kier alpha value is -1.84.